The molecule has 2 aliphatic heterocycles. The Balaban J connectivity index is 1.23. The number of nitrogens with zero attached hydrogens (tertiary/aromatic N) is 3. The first-order valence-corrected chi connectivity index (χ1v) is 11.5. The highest BCUT2D eigenvalue weighted by atomic mass is 16.6. The molecule has 0 spiro atoms. The van der Waals surface area contributed by atoms with Gasteiger partial charge in [-0.1, -0.05) is 54.6 Å². The van der Waals surface area contributed by atoms with Gasteiger partial charge in [0.15, 0.2) is 0 Å². The van der Waals surface area contributed by atoms with Crippen LogP contribution in [0.25, 0.3) is 16.7 Å². The van der Waals surface area contributed by atoms with Crippen molar-refractivity contribution in [2.24, 2.45) is 7.05 Å². The molecule has 5 heteroatoms. The van der Waals surface area contributed by atoms with Crippen LogP contribution in [-0.2, 0) is 11.8 Å². The second-order valence-corrected chi connectivity index (χ2v) is 9.10. The third-order valence-corrected chi connectivity index (χ3v) is 7.33. The van der Waals surface area contributed by atoms with Crippen LogP contribution < -0.4 is 0 Å². The fraction of sp³-hybridized carbons (Fsp3) is 0.333. The van der Waals surface area contributed by atoms with Gasteiger partial charge in [0.05, 0.1) is 11.7 Å². The quantitative estimate of drug-likeness (QED) is 0.566. The summed E-state index contributed by atoms with van der Waals surface area (Å²) >= 11 is 0. The maximum absolute atomic E-state index is 13.3. The van der Waals surface area contributed by atoms with Gasteiger partial charge in [0.2, 0.25) is 0 Å². The Morgan fingerprint density at radius 1 is 1.03 bits per heavy atom. The Hall–Kier alpha value is -3.34. The van der Waals surface area contributed by atoms with Crippen LogP contribution in [0.3, 0.4) is 0 Å². The summed E-state index contributed by atoms with van der Waals surface area (Å²) in [6.07, 6.45) is 7.94. The Kier molecular flexibility index (Phi) is 4.63. The summed E-state index contributed by atoms with van der Waals surface area (Å²) in [4.78, 5) is 15.3. The molecular weight excluding hydrogens is 398 g/mol. The summed E-state index contributed by atoms with van der Waals surface area (Å²) in [6.45, 7) is 0.376. The molecule has 32 heavy (non-hydrogen) atoms. The minimum Gasteiger partial charge on any atom is -0.448 e. The Labute approximate surface area is 188 Å². The number of ether oxygens (including phenoxy) is 1. The van der Waals surface area contributed by atoms with E-state index in [0.29, 0.717) is 6.61 Å². The highest BCUT2D eigenvalue weighted by Gasteiger charge is 2.39. The summed E-state index contributed by atoms with van der Waals surface area (Å²) in [6, 6.07) is 19.3. The molecule has 6 rings (SSSR count). The first-order chi connectivity index (χ1) is 15.7. The average Bonchev–Trinajstić information content (AvgIpc) is 3.38. The second-order valence-electron chi connectivity index (χ2n) is 9.10. The molecule has 1 aromatic heterocycles. The van der Waals surface area contributed by atoms with E-state index >= 15 is 0 Å². The van der Waals surface area contributed by atoms with Crippen LogP contribution in [0.1, 0.15) is 48.4 Å². The van der Waals surface area contributed by atoms with Crippen LogP contribution in [0.4, 0.5) is 4.79 Å². The smallest absolute Gasteiger partial charge is 0.410 e. The van der Waals surface area contributed by atoms with Crippen molar-refractivity contribution in [3.8, 4) is 11.1 Å². The van der Waals surface area contributed by atoms with Crippen molar-refractivity contribution in [1.29, 1.82) is 0 Å². The van der Waals surface area contributed by atoms with E-state index in [1.54, 1.807) is 0 Å². The van der Waals surface area contributed by atoms with E-state index in [1.165, 1.54) is 27.8 Å². The zero-order chi connectivity index (χ0) is 21.7. The summed E-state index contributed by atoms with van der Waals surface area (Å²) in [5.41, 5.74) is 7.44. The highest BCUT2D eigenvalue weighted by Crippen LogP contribution is 2.45. The Morgan fingerprint density at radius 2 is 1.75 bits per heavy atom. The number of aryl methyl sites for hydroxylation is 1. The second kappa shape index (κ2) is 7.66. The SMILES string of the molecule is Cn1nccc1C1=CC2CCCC(C1)N2C(=O)OCC1c2ccccc2-c2ccccc21. The molecule has 1 aliphatic carbocycles. The van der Waals surface area contributed by atoms with Crippen molar-refractivity contribution in [3.63, 3.8) is 0 Å². The lowest BCUT2D eigenvalue weighted by Crippen LogP contribution is -2.52. The summed E-state index contributed by atoms with van der Waals surface area (Å²) in [5, 5.41) is 4.32. The predicted molar refractivity (Wildman–Crippen MR) is 124 cm³/mol. The monoisotopic (exact) mass is 425 g/mol. The molecule has 3 heterocycles. The summed E-state index contributed by atoms with van der Waals surface area (Å²) in [7, 11) is 1.98. The van der Waals surface area contributed by atoms with E-state index in [-0.39, 0.29) is 24.1 Å². The molecule has 1 fully saturated rings. The predicted octanol–water partition coefficient (Wildman–Crippen LogP) is 5.38. The summed E-state index contributed by atoms with van der Waals surface area (Å²) in [5.74, 6) is 0.0940. The maximum Gasteiger partial charge on any atom is 0.410 e. The lowest BCUT2D eigenvalue weighted by Gasteiger charge is -2.44. The summed E-state index contributed by atoms with van der Waals surface area (Å²) < 4.78 is 7.93. The van der Waals surface area contributed by atoms with Gasteiger partial charge < -0.3 is 4.74 Å². The number of benzene rings is 2. The van der Waals surface area contributed by atoms with Crippen molar-refractivity contribution in [2.75, 3.05) is 6.61 Å². The van der Waals surface area contributed by atoms with Gasteiger partial charge in [-0.2, -0.15) is 5.10 Å². The number of rotatable bonds is 3. The van der Waals surface area contributed by atoms with Crippen LogP contribution in [0.2, 0.25) is 0 Å². The standard InChI is InChI=1S/C27H27N3O2/c1-29-26(13-14-28-29)18-15-19-7-6-8-20(16-18)30(19)27(31)32-17-25-23-11-4-2-9-21(23)22-10-3-5-12-24(22)25/h2-5,9-15,19-20,25H,6-8,16-17H2,1H3. The van der Waals surface area contributed by atoms with Crippen molar-refractivity contribution in [3.05, 3.63) is 83.7 Å². The van der Waals surface area contributed by atoms with E-state index in [0.717, 1.165) is 31.4 Å². The van der Waals surface area contributed by atoms with Crippen LogP contribution in [-0.4, -0.2) is 39.5 Å². The fourth-order valence-electron chi connectivity index (χ4n) is 5.86. The molecule has 2 bridgehead atoms. The van der Waals surface area contributed by atoms with Crippen LogP contribution in [0, 0.1) is 0 Å². The average molecular weight is 426 g/mol. The van der Waals surface area contributed by atoms with Gasteiger partial charge >= 0.3 is 6.09 Å². The first-order valence-electron chi connectivity index (χ1n) is 11.5. The van der Waals surface area contributed by atoms with E-state index < -0.39 is 0 Å². The van der Waals surface area contributed by atoms with Crippen LogP contribution in [0.5, 0.6) is 0 Å². The number of fused-ring (bicyclic) bond motifs is 5. The molecular formula is C27H27N3O2. The molecule has 3 aliphatic rings. The third kappa shape index (κ3) is 3.07. The molecule has 0 saturated carbocycles. The third-order valence-electron chi connectivity index (χ3n) is 7.33. The lowest BCUT2D eigenvalue weighted by molar-refractivity contribution is 0.0538. The van der Waals surface area contributed by atoms with Gasteiger partial charge in [0, 0.05) is 25.2 Å². The van der Waals surface area contributed by atoms with Crippen LogP contribution in [0.15, 0.2) is 66.9 Å². The Morgan fingerprint density at radius 3 is 2.41 bits per heavy atom. The molecule has 5 nitrogen and oxygen atoms in total. The van der Waals surface area contributed by atoms with Gasteiger partial charge in [0.25, 0.3) is 0 Å². The van der Waals surface area contributed by atoms with E-state index in [4.69, 9.17) is 4.74 Å². The molecule has 2 aromatic carbocycles. The van der Waals surface area contributed by atoms with Crippen molar-refractivity contribution in [1.82, 2.24) is 14.7 Å². The number of hydrogen-bond acceptors (Lipinski definition) is 3. The molecule has 3 aromatic rings. The number of piperidine rings is 1. The van der Waals surface area contributed by atoms with Gasteiger partial charge in [-0.25, -0.2) is 4.79 Å². The largest absolute Gasteiger partial charge is 0.448 e. The van der Waals surface area contributed by atoms with Crippen LogP contribution >= 0.6 is 0 Å². The molecule has 1 amide bonds. The molecule has 2 atom stereocenters. The topological polar surface area (TPSA) is 47.4 Å². The zero-order valence-electron chi connectivity index (χ0n) is 18.3. The van der Waals surface area contributed by atoms with Crippen molar-refractivity contribution < 1.29 is 9.53 Å². The fourth-order valence-corrected chi connectivity index (χ4v) is 5.86. The van der Waals surface area contributed by atoms with Crippen molar-refractivity contribution in [2.45, 2.75) is 43.7 Å². The zero-order valence-corrected chi connectivity index (χ0v) is 18.3. The molecule has 0 radical (unpaired) electrons. The van der Waals surface area contributed by atoms with E-state index in [1.807, 2.05) is 22.8 Å². The number of hydrogen-bond donors (Lipinski definition) is 0. The number of carbonyl (C=O) groups is 1. The van der Waals surface area contributed by atoms with Gasteiger partial charge in [0.1, 0.15) is 6.61 Å². The minimum absolute atomic E-state index is 0.0940. The number of amides is 1. The van der Waals surface area contributed by atoms with Gasteiger partial charge in [-0.15, -0.1) is 0 Å². The minimum atomic E-state index is -0.179. The first kappa shape index (κ1) is 19.4. The van der Waals surface area contributed by atoms with E-state index in [2.05, 4.69) is 65.8 Å². The molecule has 0 N–H and O–H groups in total. The molecule has 1 saturated heterocycles. The molecule has 162 valence electrons. The van der Waals surface area contributed by atoms with Gasteiger partial charge in [-0.05, 0) is 59.6 Å². The highest BCUT2D eigenvalue weighted by molar-refractivity contribution is 5.79. The normalized spacial score (nSPS) is 21.7. The molecule has 2 unspecified atom stereocenters. The maximum atomic E-state index is 13.3. The van der Waals surface area contributed by atoms with Gasteiger partial charge in [-0.3, -0.25) is 9.58 Å². The number of aromatic nitrogens is 2. The lowest BCUT2D eigenvalue weighted by atomic mass is 9.84. The number of carbonyl (C=O) groups excluding carboxylic acids is 1. The van der Waals surface area contributed by atoms with E-state index in [9.17, 15) is 4.79 Å². The van der Waals surface area contributed by atoms with Crippen molar-refractivity contribution >= 4 is 11.7 Å². The Bertz CT molecular complexity index is 1170.